The number of fused-ring (bicyclic) bond motifs is 1. The minimum atomic E-state index is -0.344. The van der Waals surface area contributed by atoms with E-state index >= 15 is 0 Å². The van der Waals surface area contributed by atoms with Crippen LogP contribution in [0.3, 0.4) is 0 Å². The predicted octanol–water partition coefficient (Wildman–Crippen LogP) is 4.08. The highest BCUT2D eigenvalue weighted by Crippen LogP contribution is 2.30. The van der Waals surface area contributed by atoms with Crippen LogP contribution >= 0.6 is 11.8 Å². The van der Waals surface area contributed by atoms with Gasteiger partial charge in [0.2, 0.25) is 0 Å². The van der Waals surface area contributed by atoms with Crippen molar-refractivity contribution in [3.05, 3.63) is 89.8 Å². The molecule has 3 heterocycles. The van der Waals surface area contributed by atoms with E-state index in [0.717, 1.165) is 24.1 Å². The van der Waals surface area contributed by atoms with Gasteiger partial charge in [-0.2, -0.15) is 0 Å². The van der Waals surface area contributed by atoms with Crippen molar-refractivity contribution in [1.29, 1.82) is 0 Å². The van der Waals surface area contributed by atoms with Crippen LogP contribution in [0.25, 0.3) is 5.69 Å². The number of rotatable bonds is 5. The summed E-state index contributed by atoms with van der Waals surface area (Å²) in [5.41, 5.74) is 3.56. The lowest BCUT2D eigenvalue weighted by atomic mass is 10.0. The number of carbonyl (C=O) groups excluding carboxylic acids is 1. The summed E-state index contributed by atoms with van der Waals surface area (Å²) in [5.74, 6) is -0.163. The van der Waals surface area contributed by atoms with Crippen LogP contribution < -0.4 is 4.90 Å². The van der Waals surface area contributed by atoms with E-state index in [0.29, 0.717) is 28.8 Å². The fourth-order valence-electron chi connectivity index (χ4n) is 3.75. The highest BCUT2D eigenvalue weighted by molar-refractivity contribution is 7.98. The molecule has 1 aliphatic rings. The van der Waals surface area contributed by atoms with Gasteiger partial charge in [-0.25, -0.2) is 19.0 Å². The van der Waals surface area contributed by atoms with Gasteiger partial charge in [-0.15, -0.1) is 5.10 Å². The molecule has 0 fully saturated rings. The average molecular weight is 447 g/mol. The summed E-state index contributed by atoms with van der Waals surface area (Å²) in [6.45, 7) is 0.619. The molecular weight excluding hydrogens is 427 g/mol. The number of amides is 1. The van der Waals surface area contributed by atoms with E-state index in [1.54, 1.807) is 40.2 Å². The number of hydrogen-bond acceptors (Lipinski definition) is 6. The molecule has 0 radical (unpaired) electrons. The molecule has 0 atom stereocenters. The summed E-state index contributed by atoms with van der Waals surface area (Å²) in [6.07, 6.45) is 5.16. The molecule has 32 heavy (non-hydrogen) atoms. The summed E-state index contributed by atoms with van der Waals surface area (Å²) in [5, 5.41) is 9.08. The molecule has 4 aromatic rings. The summed E-state index contributed by atoms with van der Waals surface area (Å²) >= 11 is 1.39. The number of nitrogens with zero attached hydrogens (tertiary/aromatic N) is 6. The summed E-state index contributed by atoms with van der Waals surface area (Å²) in [7, 11) is 0. The molecule has 9 heteroatoms. The van der Waals surface area contributed by atoms with Gasteiger partial charge in [0, 0.05) is 30.4 Å². The van der Waals surface area contributed by atoms with Crippen molar-refractivity contribution in [3.8, 4) is 5.69 Å². The summed E-state index contributed by atoms with van der Waals surface area (Å²) in [6, 6.07) is 15.6. The van der Waals surface area contributed by atoms with Gasteiger partial charge in [-0.3, -0.25) is 4.79 Å². The van der Waals surface area contributed by atoms with Crippen LogP contribution in [-0.2, 0) is 12.2 Å². The first-order chi connectivity index (χ1) is 15.7. The summed E-state index contributed by atoms with van der Waals surface area (Å²) in [4.78, 5) is 23.9. The van der Waals surface area contributed by atoms with Crippen LogP contribution in [0.5, 0.6) is 0 Å². The Labute approximate surface area is 188 Å². The minimum absolute atomic E-state index is 0.199. The Morgan fingerprint density at radius 2 is 1.81 bits per heavy atom. The fraction of sp³-hybridized carbons (Fsp3) is 0.174. The van der Waals surface area contributed by atoms with E-state index in [1.165, 1.54) is 23.9 Å². The third kappa shape index (κ3) is 3.99. The SMILES string of the molecule is O=C(c1nnn(-c2ccc(F)cc2)c1CSc1ncccn1)N1CCCc2ccccc21. The Balaban J connectivity index is 1.53. The van der Waals surface area contributed by atoms with Gasteiger partial charge < -0.3 is 4.90 Å². The van der Waals surface area contributed by atoms with Crippen molar-refractivity contribution >= 4 is 23.4 Å². The maximum absolute atomic E-state index is 13.6. The summed E-state index contributed by atoms with van der Waals surface area (Å²) < 4.78 is 15.0. The van der Waals surface area contributed by atoms with Crippen LogP contribution in [0.1, 0.15) is 28.2 Å². The zero-order valence-corrected chi connectivity index (χ0v) is 17.9. The molecule has 0 spiro atoms. The van der Waals surface area contributed by atoms with E-state index < -0.39 is 0 Å². The second kappa shape index (κ2) is 8.88. The van der Waals surface area contributed by atoms with Gasteiger partial charge >= 0.3 is 0 Å². The highest BCUT2D eigenvalue weighted by Gasteiger charge is 2.29. The maximum atomic E-state index is 13.6. The number of halogens is 1. The molecule has 0 aliphatic carbocycles. The number of benzene rings is 2. The fourth-order valence-corrected chi connectivity index (χ4v) is 4.55. The number of aromatic nitrogens is 5. The molecule has 2 aromatic heterocycles. The third-order valence-corrected chi connectivity index (χ3v) is 6.16. The Kier molecular flexibility index (Phi) is 5.64. The molecule has 1 aliphatic heterocycles. The molecular formula is C23H19FN6OS. The monoisotopic (exact) mass is 446 g/mol. The zero-order valence-electron chi connectivity index (χ0n) is 17.1. The van der Waals surface area contributed by atoms with Crippen molar-refractivity contribution < 1.29 is 9.18 Å². The second-order valence-electron chi connectivity index (χ2n) is 7.28. The first-order valence-corrected chi connectivity index (χ1v) is 11.2. The molecule has 0 N–H and O–H groups in total. The smallest absolute Gasteiger partial charge is 0.280 e. The number of thioether (sulfide) groups is 1. The van der Waals surface area contributed by atoms with Crippen LogP contribution in [0.15, 0.2) is 72.1 Å². The van der Waals surface area contributed by atoms with E-state index in [-0.39, 0.29) is 17.4 Å². The van der Waals surface area contributed by atoms with Crippen molar-refractivity contribution in [2.24, 2.45) is 0 Å². The number of para-hydroxylation sites is 1. The van der Waals surface area contributed by atoms with Crippen molar-refractivity contribution in [2.75, 3.05) is 11.4 Å². The van der Waals surface area contributed by atoms with Gasteiger partial charge in [0.05, 0.1) is 11.4 Å². The van der Waals surface area contributed by atoms with Crippen LogP contribution in [0.2, 0.25) is 0 Å². The van der Waals surface area contributed by atoms with Crippen molar-refractivity contribution in [3.63, 3.8) is 0 Å². The molecule has 7 nitrogen and oxygen atoms in total. The van der Waals surface area contributed by atoms with Crippen LogP contribution in [0, 0.1) is 5.82 Å². The highest BCUT2D eigenvalue weighted by atomic mass is 32.2. The number of anilines is 1. The van der Waals surface area contributed by atoms with Crippen LogP contribution in [0.4, 0.5) is 10.1 Å². The Hall–Kier alpha value is -3.59. The van der Waals surface area contributed by atoms with E-state index in [4.69, 9.17) is 0 Å². The zero-order chi connectivity index (χ0) is 21.9. The molecule has 160 valence electrons. The number of aryl methyl sites for hydroxylation is 1. The third-order valence-electron chi connectivity index (χ3n) is 5.27. The van der Waals surface area contributed by atoms with Gasteiger partial charge in [0.15, 0.2) is 10.9 Å². The molecule has 5 rings (SSSR count). The number of hydrogen-bond donors (Lipinski definition) is 0. The molecule has 0 bridgehead atoms. The molecule has 0 saturated heterocycles. The lowest BCUT2D eigenvalue weighted by molar-refractivity contribution is 0.0979. The largest absolute Gasteiger partial charge is 0.307 e. The number of carbonyl (C=O) groups is 1. The van der Waals surface area contributed by atoms with Crippen LogP contribution in [-0.4, -0.2) is 37.4 Å². The molecule has 2 aromatic carbocycles. The molecule has 0 unspecified atom stereocenters. The predicted molar refractivity (Wildman–Crippen MR) is 119 cm³/mol. The lowest BCUT2D eigenvalue weighted by Gasteiger charge is -2.29. The first-order valence-electron chi connectivity index (χ1n) is 10.2. The van der Waals surface area contributed by atoms with E-state index in [1.807, 2.05) is 24.3 Å². The Bertz CT molecular complexity index is 1250. The normalized spacial score (nSPS) is 13.1. The molecule has 0 saturated carbocycles. The van der Waals surface area contributed by atoms with Gasteiger partial charge in [-0.1, -0.05) is 35.2 Å². The van der Waals surface area contributed by atoms with E-state index in [2.05, 4.69) is 20.3 Å². The second-order valence-corrected chi connectivity index (χ2v) is 8.22. The average Bonchev–Trinajstić information content (AvgIpc) is 3.27. The first kappa shape index (κ1) is 20.3. The topological polar surface area (TPSA) is 76.8 Å². The maximum Gasteiger partial charge on any atom is 0.280 e. The quantitative estimate of drug-likeness (QED) is 0.340. The van der Waals surface area contributed by atoms with Gasteiger partial charge in [0.1, 0.15) is 5.82 Å². The lowest BCUT2D eigenvalue weighted by Crippen LogP contribution is -2.36. The van der Waals surface area contributed by atoms with Gasteiger partial charge in [0.25, 0.3) is 5.91 Å². The van der Waals surface area contributed by atoms with Crippen molar-refractivity contribution in [2.45, 2.75) is 23.8 Å². The molecule has 1 amide bonds. The Morgan fingerprint density at radius 1 is 1.03 bits per heavy atom. The van der Waals surface area contributed by atoms with E-state index in [9.17, 15) is 9.18 Å². The Morgan fingerprint density at radius 3 is 2.62 bits per heavy atom. The minimum Gasteiger partial charge on any atom is -0.307 e. The standard InChI is InChI=1S/C23H19FN6OS/c24-17-8-10-18(11-9-17)30-20(15-32-23-25-12-4-13-26-23)21(27-28-30)22(31)29-14-3-6-16-5-1-2-7-19(16)29/h1-2,4-5,7-13H,3,6,14-15H2. The van der Waals surface area contributed by atoms with Gasteiger partial charge in [-0.05, 0) is 54.8 Å². The van der Waals surface area contributed by atoms with Crippen molar-refractivity contribution in [1.82, 2.24) is 25.0 Å².